The van der Waals surface area contributed by atoms with E-state index in [1.54, 1.807) is 13.0 Å². The number of benzene rings is 1. The lowest BCUT2D eigenvalue weighted by molar-refractivity contribution is 0.0924. The molecule has 0 aromatic heterocycles. The van der Waals surface area contributed by atoms with Crippen LogP contribution in [0.4, 0.5) is 0 Å². The molecule has 0 spiro atoms. The lowest BCUT2D eigenvalue weighted by atomic mass is 10.1. The summed E-state index contributed by atoms with van der Waals surface area (Å²) in [4.78, 5) is 11.7. The summed E-state index contributed by atoms with van der Waals surface area (Å²) in [7, 11) is 0. The number of hydrogen-bond acceptors (Lipinski definition) is 3. The van der Waals surface area contributed by atoms with Gasteiger partial charge in [0.2, 0.25) is 0 Å². The van der Waals surface area contributed by atoms with E-state index in [0.717, 1.165) is 17.7 Å². The molecule has 1 atom stereocenters. The van der Waals surface area contributed by atoms with Crippen molar-refractivity contribution in [2.24, 2.45) is 0 Å². The minimum absolute atomic E-state index is 0.157. The maximum Gasteiger partial charge on any atom is 0.251 e. The van der Waals surface area contributed by atoms with E-state index in [1.165, 1.54) is 0 Å². The first-order chi connectivity index (χ1) is 7.66. The van der Waals surface area contributed by atoms with Gasteiger partial charge in [0.25, 0.3) is 5.91 Å². The average molecular weight is 221 g/mol. The summed E-state index contributed by atoms with van der Waals surface area (Å²) in [5, 5.41) is 11.7. The van der Waals surface area contributed by atoms with Crippen LogP contribution in [0.25, 0.3) is 0 Å². The van der Waals surface area contributed by atoms with Crippen LogP contribution in [0.5, 0.6) is 5.75 Å². The Morgan fingerprint density at radius 1 is 1.62 bits per heavy atom. The fourth-order valence-electron chi connectivity index (χ4n) is 1.67. The third-order valence-corrected chi connectivity index (χ3v) is 2.51. The summed E-state index contributed by atoms with van der Waals surface area (Å²) in [6.45, 7) is 2.59. The highest BCUT2D eigenvalue weighted by atomic mass is 16.5. The molecule has 0 aliphatic carbocycles. The molecule has 86 valence electrons. The molecular formula is C12H15NO3. The van der Waals surface area contributed by atoms with Gasteiger partial charge in [-0.3, -0.25) is 4.79 Å². The van der Waals surface area contributed by atoms with E-state index in [0.29, 0.717) is 12.2 Å². The quantitative estimate of drug-likeness (QED) is 0.791. The van der Waals surface area contributed by atoms with E-state index in [4.69, 9.17) is 9.84 Å². The van der Waals surface area contributed by atoms with Crippen molar-refractivity contribution in [2.45, 2.75) is 19.4 Å². The molecule has 1 aromatic rings. The molecule has 1 heterocycles. The second-order valence-electron chi connectivity index (χ2n) is 3.98. The SMILES string of the molecule is CC(O)CNC(=O)c1ccc2c(c1)CCO2. The lowest BCUT2D eigenvalue weighted by Gasteiger charge is -2.07. The number of hydrogen-bond donors (Lipinski definition) is 2. The number of ether oxygens (including phenoxy) is 1. The molecule has 0 fully saturated rings. The largest absolute Gasteiger partial charge is 0.493 e. The first kappa shape index (κ1) is 11.0. The van der Waals surface area contributed by atoms with Crippen molar-refractivity contribution in [1.82, 2.24) is 5.32 Å². The molecule has 2 rings (SSSR count). The van der Waals surface area contributed by atoms with Gasteiger partial charge in [-0.25, -0.2) is 0 Å². The molecule has 4 heteroatoms. The molecule has 0 bridgehead atoms. The van der Waals surface area contributed by atoms with E-state index in [-0.39, 0.29) is 12.5 Å². The van der Waals surface area contributed by atoms with E-state index >= 15 is 0 Å². The number of amides is 1. The van der Waals surface area contributed by atoms with Crippen LogP contribution in [0.3, 0.4) is 0 Å². The predicted octanol–water partition coefficient (Wildman–Crippen LogP) is 0.732. The van der Waals surface area contributed by atoms with Gasteiger partial charge in [0.1, 0.15) is 5.75 Å². The van der Waals surface area contributed by atoms with Gasteiger partial charge in [-0.15, -0.1) is 0 Å². The third kappa shape index (κ3) is 2.33. The Morgan fingerprint density at radius 2 is 2.44 bits per heavy atom. The van der Waals surface area contributed by atoms with Crippen LogP contribution < -0.4 is 10.1 Å². The van der Waals surface area contributed by atoms with E-state index < -0.39 is 6.10 Å². The van der Waals surface area contributed by atoms with E-state index in [9.17, 15) is 4.79 Å². The van der Waals surface area contributed by atoms with E-state index in [2.05, 4.69) is 5.32 Å². The molecule has 1 amide bonds. The van der Waals surface area contributed by atoms with Crippen LogP contribution in [0, 0.1) is 0 Å². The summed E-state index contributed by atoms with van der Waals surface area (Å²) in [6, 6.07) is 5.40. The summed E-state index contributed by atoms with van der Waals surface area (Å²) < 4.78 is 5.36. The van der Waals surface area contributed by atoms with Crippen LogP contribution in [0.1, 0.15) is 22.8 Å². The van der Waals surface area contributed by atoms with Crippen molar-refractivity contribution in [3.05, 3.63) is 29.3 Å². The van der Waals surface area contributed by atoms with Gasteiger partial charge in [-0.1, -0.05) is 0 Å². The number of carbonyl (C=O) groups excluding carboxylic acids is 1. The van der Waals surface area contributed by atoms with Crippen molar-refractivity contribution < 1.29 is 14.6 Å². The Labute approximate surface area is 94.2 Å². The van der Waals surface area contributed by atoms with E-state index in [1.807, 2.05) is 12.1 Å². The maximum absolute atomic E-state index is 11.7. The number of carbonyl (C=O) groups is 1. The highest BCUT2D eigenvalue weighted by Gasteiger charge is 2.14. The first-order valence-electron chi connectivity index (χ1n) is 5.39. The summed E-state index contributed by atoms with van der Waals surface area (Å²) in [5.41, 5.74) is 1.69. The van der Waals surface area contributed by atoms with Crippen molar-refractivity contribution in [1.29, 1.82) is 0 Å². The van der Waals surface area contributed by atoms with Crippen LogP contribution in [0.15, 0.2) is 18.2 Å². The van der Waals surface area contributed by atoms with Gasteiger partial charge in [-0.05, 0) is 30.7 Å². The smallest absolute Gasteiger partial charge is 0.251 e. The molecule has 1 aliphatic rings. The van der Waals surface area contributed by atoms with Gasteiger partial charge in [0, 0.05) is 18.5 Å². The molecule has 16 heavy (non-hydrogen) atoms. The average Bonchev–Trinajstić information content (AvgIpc) is 2.72. The molecular weight excluding hydrogens is 206 g/mol. The summed E-state index contributed by atoms with van der Waals surface area (Å²) in [6.07, 6.45) is 0.328. The number of aliphatic hydroxyl groups is 1. The Morgan fingerprint density at radius 3 is 3.19 bits per heavy atom. The highest BCUT2D eigenvalue weighted by molar-refractivity contribution is 5.94. The Hall–Kier alpha value is -1.55. The fraction of sp³-hybridized carbons (Fsp3) is 0.417. The Kier molecular flexibility index (Phi) is 3.10. The standard InChI is InChI=1S/C12H15NO3/c1-8(14)7-13-12(15)10-2-3-11-9(6-10)4-5-16-11/h2-3,6,8,14H,4-5,7H2,1H3,(H,13,15). The first-order valence-corrected chi connectivity index (χ1v) is 5.39. The van der Waals surface area contributed by atoms with Gasteiger partial charge in [0.15, 0.2) is 0 Å². The van der Waals surface area contributed by atoms with Gasteiger partial charge < -0.3 is 15.2 Å². The number of nitrogens with one attached hydrogen (secondary N) is 1. The minimum atomic E-state index is -0.526. The normalized spacial score (nSPS) is 15.1. The Balaban J connectivity index is 2.06. The molecule has 4 nitrogen and oxygen atoms in total. The molecule has 1 aromatic carbocycles. The van der Waals surface area contributed by atoms with Crippen LogP contribution in [-0.2, 0) is 6.42 Å². The zero-order chi connectivity index (χ0) is 11.5. The van der Waals surface area contributed by atoms with Gasteiger partial charge in [0.05, 0.1) is 12.7 Å². The van der Waals surface area contributed by atoms with Gasteiger partial charge >= 0.3 is 0 Å². The van der Waals surface area contributed by atoms with Crippen molar-refractivity contribution in [2.75, 3.05) is 13.2 Å². The Bertz CT molecular complexity index is 401. The highest BCUT2D eigenvalue weighted by Crippen LogP contribution is 2.25. The number of rotatable bonds is 3. The number of aliphatic hydroxyl groups excluding tert-OH is 1. The van der Waals surface area contributed by atoms with Crippen molar-refractivity contribution in [3.63, 3.8) is 0 Å². The van der Waals surface area contributed by atoms with Crippen LogP contribution >= 0.6 is 0 Å². The topological polar surface area (TPSA) is 58.6 Å². The molecule has 2 N–H and O–H groups in total. The van der Waals surface area contributed by atoms with Crippen molar-refractivity contribution in [3.8, 4) is 5.75 Å². The molecule has 1 aliphatic heterocycles. The molecule has 0 radical (unpaired) electrons. The molecule has 0 saturated heterocycles. The zero-order valence-corrected chi connectivity index (χ0v) is 9.19. The maximum atomic E-state index is 11.7. The fourth-order valence-corrected chi connectivity index (χ4v) is 1.67. The summed E-state index contributed by atoms with van der Waals surface area (Å²) in [5.74, 6) is 0.711. The third-order valence-electron chi connectivity index (χ3n) is 2.51. The molecule has 1 unspecified atom stereocenters. The lowest BCUT2D eigenvalue weighted by Crippen LogP contribution is -2.30. The molecule has 0 saturated carbocycles. The van der Waals surface area contributed by atoms with Gasteiger partial charge in [-0.2, -0.15) is 0 Å². The predicted molar refractivity (Wildman–Crippen MR) is 59.7 cm³/mol. The second-order valence-corrected chi connectivity index (χ2v) is 3.98. The monoisotopic (exact) mass is 221 g/mol. The number of fused-ring (bicyclic) bond motifs is 1. The second kappa shape index (κ2) is 4.53. The minimum Gasteiger partial charge on any atom is -0.493 e. The van der Waals surface area contributed by atoms with Crippen molar-refractivity contribution >= 4 is 5.91 Å². The van der Waals surface area contributed by atoms with Crippen LogP contribution in [-0.4, -0.2) is 30.3 Å². The van der Waals surface area contributed by atoms with Crippen LogP contribution in [0.2, 0.25) is 0 Å². The summed E-state index contributed by atoms with van der Waals surface area (Å²) >= 11 is 0. The zero-order valence-electron chi connectivity index (χ0n) is 9.19.